The molecule has 2 atom stereocenters. The van der Waals surface area contributed by atoms with Crippen LogP contribution in [-0.2, 0) is 16.4 Å². The third kappa shape index (κ3) is 3.19. The Morgan fingerprint density at radius 1 is 1.40 bits per heavy atom. The van der Waals surface area contributed by atoms with Crippen molar-refractivity contribution in [2.24, 2.45) is 11.1 Å². The molecule has 6 heteroatoms. The van der Waals surface area contributed by atoms with Gasteiger partial charge in [0.15, 0.2) is 0 Å². The summed E-state index contributed by atoms with van der Waals surface area (Å²) in [5.41, 5.74) is 0.967. The van der Waals surface area contributed by atoms with Gasteiger partial charge in [0.1, 0.15) is 0 Å². The molecule has 0 radical (unpaired) electrons. The lowest BCUT2D eigenvalue weighted by atomic mass is 10.1. The van der Waals surface area contributed by atoms with Crippen LogP contribution in [0.3, 0.4) is 0 Å². The molecule has 3 N–H and O–H groups in total. The molecule has 20 heavy (non-hydrogen) atoms. The molecular weight excluding hydrogens is 276 g/mol. The van der Waals surface area contributed by atoms with Crippen molar-refractivity contribution >= 4 is 15.9 Å². The van der Waals surface area contributed by atoms with Gasteiger partial charge in [0.05, 0.1) is 4.90 Å². The second kappa shape index (κ2) is 5.54. The van der Waals surface area contributed by atoms with Crippen LogP contribution in [0.25, 0.3) is 0 Å². The zero-order valence-corrected chi connectivity index (χ0v) is 12.5. The van der Waals surface area contributed by atoms with E-state index in [1.54, 1.807) is 12.1 Å². The third-order valence-corrected chi connectivity index (χ3v) is 4.77. The fourth-order valence-electron chi connectivity index (χ4n) is 2.38. The van der Waals surface area contributed by atoms with Gasteiger partial charge in [-0.1, -0.05) is 26.3 Å². The molecule has 110 valence electrons. The van der Waals surface area contributed by atoms with E-state index in [1.165, 1.54) is 6.07 Å². The molecule has 0 aliphatic heterocycles. The fourth-order valence-corrected chi connectivity index (χ4v) is 3.25. The van der Waals surface area contributed by atoms with Gasteiger partial charge >= 0.3 is 0 Å². The van der Waals surface area contributed by atoms with E-state index in [1.807, 2.05) is 6.92 Å². The van der Waals surface area contributed by atoms with Crippen molar-refractivity contribution in [2.75, 3.05) is 0 Å². The number of carbonyl (C=O) groups is 1. The first-order chi connectivity index (χ1) is 9.36. The van der Waals surface area contributed by atoms with Crippen molar-refractivity contribution < 1.29 is 13.2 Å². The fraction of sp³-hybridized carbons (Fsp3) is 0.500. The van der Waals surface area contributed by atoms with E-state index in [0.717, 1.165) is 12.8 Å². The monoisotopic (exact) mass is 296 g/mol. The highest BCUT2D eigenvalue weighted by Gasteiger charge is 2.36. The van der Waals surface area contributed by atoms with Crippen LogP contribution in [0, 0.1) is 5.92 Å². The second-order valence-corrected chi connectivity index (χ2v) is 6.73. The summed E-state index contributed by atoms with van der Waals surface area (Å²) in [6, 6.07) is 4.88. The van der Waals surface area contributed by atoms with E-state index >= 15 is 0 Å². The van der Waals surface area contributed by atoms with Gasteiger partial charge in [0.2, 0.25) is 10.0 Å². The molecule has 0 spiro atoms. The smallest absolute Gasteiger partial charge is 0.251 e. The molecule has 0 saturated heterocycles. The first-order valence-corrected chi connectivity index (χ1v) is 8.38. The molecule has 0 heterocycles. The minimum Gasteiger partial charge on any atom is -0.349 e. The number of primary sulfonamides is 1. The van der Waals surface area contributed by atoms with Crippen molar-refractivity contribution in [2.45, 2.75) is 44.0 Å². The maximum Gasteiger partial charge on any atom is 0.251 e. The van der Waals surface area contributed by atoms with E-state index < -0.39 is 10.0 Å². The number of hydrogen-bond acceptors (Lipinski definition) is 3. The van der Waals surface area contributed by atoms with E-state index in [9.17, 15) is 13.2 Å². The molecule has 2 rings (SSSR count). The molecule has 0 aromatic heterocycles. The standard InChI is InChI=1S/C14H20N2O3S/c1-3-9-5-6-11(8-13(9)20(15,18)19)14(17)16-12-7-10(12)4-2/h5-6,8,10,12H,3-4,7H2,1-2H3,(H,16,17)(H2,15,18,19). The highest BCUT2D eigenvalue weighted by Crippen LogP contribution is 2.33. The van der Waals surface area contributed by atoms with Crippen LogP contribution in [0.1, 0.15) is 42.6 Å². The lowest BCUT2D eigenvalue weighted by molar-refractivity contribution is 0.0948. The van der Waals surface area contributed by atoms with Crippen LogP contribution in [0.2, 0.25) is 0 Å². The van der Waals surface area contributed by atoms with Gasteiger partial charge in [-0.2, -0.15) is 0 Å². The molecule has 1 aliphatic rings. The molecule has 1 saturated carbocycles. The van der Waals surface area contributed by atoms with Crippen LogP contribution in [0.4, 0.5) is 0 Å². The number of hydrogen-bond donors (Lipinski definition) is 2. The largest absolute Gasteiger partial charge is 0.349 e. The average molecular weight is 296 g/mol. The second-order valence-electron chi connectivity index (χ2n) is 5.21. The number of amides is 1. The van der Waals surface area contributed by atoms with E-state index in [4.69, 9.17) is 5.14 Å². The summed E-state index contributed by atoms with van der Waals surface area (Å²) in [4.78, 5) is 12.1. The van der Waals surface area contributed by atoms with Crippen molar-refractivity contribution in [3.05, 3.63) is 29.3 Å². The Labute approximate surface area is 119 Å². The molecule has 2 unspecified atom stereocenters. The number of sulfonamides is 1. The van der Waals surface area contributed by atoms with Gasteiger partial charge in [-0.3, -0.25) is 4.79 Å². The van der Waals surface area contributed by atoms with Gasteiger partial charge in [0, 0.05) is 11.6 Å². The Kier molecular flexibility index (Phi) is 4.15. The minimum absolute atomic E-state index is 0.0375. The number of rotatable bonds is 5. The molecule has 1 aromatic rings. The van der Waals surface area contributed by atoms with E-state index in [2.05, 4.69) is 12.2 Å². The van der Waals surface area contributed by atoms with Crippen molar-refractivity contribution in [1.82, 2.24) is 5.32 Å². The third-order valence-electron chi connectivity index (χ3n) is 3.78. The first kappa shape index (κ1) is 15.0. The zero-order chi connectivity index (χ0) is 14.9. The van der Waals surface area contributed by atoms with Crippen LogP contribution in [0.15, 0.2) is 23.1 Å². The van der Waals surface area contributed by atoms with Gasteiger partial charge < -0.3 is 5.32 Å². The van der Waals surface area contributed by atoms with Crippen molar-refractivity contribution in [1.29, 1.82) is 0 Å². The zero-order valence-electron chi connectivity index (χ0n) is 11.7. The van der Waals surface area contributed by atoms with Crippen LogP contribution < -0.4 is 10.5 Å². The molecule has 1 aromatic carbocycles. The highest BCUT2D eigenvalue weighted by molar-refractivity contribution is 7.89. The molecule has 5 nitrogen and oxygen atoms in total. The lowest BCUT2D eigenvalue weighted by Crippen LogP contribution is -2.27. The number of carbonyl (C=O) groups excluding carboxylic acids is 1. The van der Waals surface area contributed by atoms with Crippen molar-refractivity contribution in [3.8, 4) is 0 Å². The molecule has 1 amide bonds. The summed E-state index contributed by atoms with van der Waals surface area (Å²) in [6.45, 7) is 3.94. The Bertz CT molecular complexity index is 625. The van der Waals surface area contributed by atoms with E-state index in [-0.39, 0.29) is 16.8 Å². The summed E-state index contributed by atoms with van der Waals surface area (Å²) in [7, 11) is -3.81. The topological polar surface area (TPSA) is 89.3 Å². The quantitative estimate of drug-likeness (QED) is 0.861. The normalized spacial score (nSPS) is 21.6. The van der Waals surface area contributed by atoms with Crippen LogP contribution in [-0.4, -0.2) is 20.4 Å². The lowest BCUT2D eigenvalue weighted by Gasteiger charge is -2.09. The van der Waals surface area contributed by atoms with Crippen LogP contribution >= 0.6 is 0 Å². The summed E-state index contributed by atoms with van der Waals surface area (Å²) in [5, 5.41) is 8.11. The maximum absolute atomic E-state index is 12.1. The SMILES string of the molecule is CCc1ccc(C(=O)NC2CC2CC)cc1S(N)(=O)=O. The Morgan fingerprint density at radius 3 is 2.60 bits per heavy atom. The molecule has 1 fully saturated rings. The number of nitrogens with two attached hydrogens (primary N) is 1. The Hall–Kier alpha value is -1.40. The van der Waals surface area contributed by atoms with Gasteiger partial charge in [-0.25, -0.2) is 13.6 Å². The molecule has 0 bridgehead atoms. The summed E-state index contributed by atoms with van der Waals surface area (Å²) >= 11 is 0. The number of aryl methyl sites for hydroxylation is 1. The predicted molar refractivity (Wildman–Crippen MR) is 76.8 cm³/mol. The van der Waals surface area contributed by atoms with Gasteiger partial charge in [0.25, 0.3) is 5.91 Å². The molecule has 1 aliphatic carbocycles. The Balaban J connectivity index is 2.23. The maximum atomic E-state index is 12.1. The first-order valence-electron chi connectivity index (χ1n) is 6.83. The highest BCUT2D eigenvalue weighted by atomic mass is 32.2. The molecular formula is C14H20N2O3S. The predicted octanol–water partition coefficient (Wildman–Crippen LogP) is 1.42. The summed E-state index contributed by atoms with van der Waals surface area (Å²) in [6.07, 6.45) is 2.59. The van der Waals surface area contributed by atoms with Gasteiger partial charge in [-0.15, -0.1) is 0 Å². The minimum atomic E-state index is -3.81. The van der Waals surface area contributed by atoms with E-state index in [0.29, 0.717) is 23.5 Å². The van der Waals surface area contributed by atoms with Crippen molar-refractivity contribution in [3.63, 3.8) is 0 Å². The summed E-state index contributed by atoms with van der Waals surface area (Å²) < 4.78 is 23.1. The number of benzene rings is 1. The van der Waals surface area contributed by atoms with Gasteiger partial charge in [-0.05, 0) is 36.5 Å². The average Bonchev–Trinajstić information content (AvgIpc) is 3.15. The number of nitrogens with one attached hydrogen (secondary N) is 1. The van der Waals surface area contributed by atoms with Crippen LogP contribution in [0.5, 0.6) is 0 Å². The summed E-state index contributed by atoms with van der Waals surface area (Å²) in [5.74, 6) is 0.310. The Morgan fingerprint density at radius 2 is 2.10 bits per heavy atom.